The fourth-order valence-electron chi connectivity index (χ4n) is 3.68. The van der Waals surface area contributed by atoms with Crippen LogP contribution >= 0.6 is 23.4 Å². The predicted molar refractivity (Wildman–Crippen MR) is 115 cm³/mol. The van der Waals surface area contributed by atoms with E-state index in [-0.39, 0.29) is 59.7 Å². The molecule has 3 aromatic rings. The fourth-order valence-corrected chi connectivity index (χ4v) is 5.23. The fraction of sp³-hybridized carbons (Fsp3) is 0.273. The Morgan fingerprint density at radius 2 is 1.97 bits per heavy atom. The van der Waals surface area contributed by atoms with Crippen molar-refractivity contribution in [2.75, 3.05) is 0 Å². The third-order valence-corrected chi connectivity index (χ3v) is 6.71. The molecule has 29 heavy (non-hydrogen) atoms. The number of amides is 1. The average Bonchev–Trinajstić information content (AvgIpc) is 2.66. The van der Waals surface area contributed by atoms with Gasteiger partial charge in [-0.3, -0.25) is 4.79 Å². The van der Waals surface area contributed by atoms with Gasteiger partial charge in [0.2, 0.25) is 0 Å². The number of carbonyl (C=O) groups excluding carboxylic acids is 1. The van der Waals surface area contributed by atoms with E-state index in [1.807, 2.05) is 18.2 Å². The van der Waals surface area contributed by atoms with Crippen molar-refractivity contribution in [3.05, 3.63) is 80.6 Å². The van der Waals surface area contributed by atoms with Crippen molar-refractivity contribution in [3.63, 3.8) is 0 Å². The molecule has 0 saturated carbocycles. The molecule has 2 aromatic carbocycles. The molecule has 4 nitrogen and oxygen atoms in total. The first-order valence-electron chi connectivity index (χ1n) is 9.08. The van der Waals surface area contributed by atoms with Gasteiger partial charge in [-0.2, -0.15) is 18.2 Å². The molecule has 0 aliphatic carbocycles. The van der Waals surface area contributed by atoms with Crippen LogP contribution < -0.4 is 10.7 Å². The van der Waals surface area contributed by atoms with E-state index in [9.17, 15) is 9.59 Å². The van der Waals surface area contributed by atoms with Gasteiger partial charge in [-0.1, -0.05) is 41.6 Å². The largest absolute Gasteiger partial charge is 0.354 e. The first-order valence-corrected chi connectivity index (χ1v) is 10.3. The molecule has 1 amide bonds. The van der Waals surface area contributed by atoms with Crippen molar-refractivity contribution in [2.45, 2.75) is 37.4 Å². The quantitative estimate of drug-likeness (QED) is 0.521. The van der Waals surface area contributed by atoms with Crippen LogP contribution in [0.3, 0.4) is 0 Å². The minimum atomic E-state index is -0.379. The Morgan fingerprint density at radius 3 is 2.66 bits per heavy atom. The Labute approximate surface area is 204 Å². The molecule has 1 aliphatic heterocycles. The second-order valence-electron chi connectivity index (χ2n) is 7.43. The van der Waals surface area contributed by atoms with Gasteiger partial charge in [0.05, 0.1) is 10.4 Å². The van der Waals surface area contributed by atoms with E-state index in [4.69, 9.17) is 11.6 Å². The van der Waals surface area contributed by atoms with Gasteiger partial charge in [-0.15, -0.1) is 17.3 Å². The molecule has 147 valence electrons. The minimum Gasteiger partial charge on any atom is -0.354 e. The van der Waals surface area contributed by atoms with Gasteiger partial charge in [0, 0.05) is 50.5 Å². The normalized spacial score (nSPS) is 16.9. The molecular formula is C22H20ClN2O2SY-. The van der Waals surface area contributed by atoms with E-state index >= 15 is 0 Å². The Kier molecular flexibility index (Phi) is 6.64. The Hall–Kier alpha value is -1.14. The van der Waals surface area contributed by atoms with Crippen LogP contribution in [0.15, 0.2) is 47.4 Å². The summed E-state index contributed by atoms with van der Waals surface area (Å²) in [7, 11) is 0. The summed E-state index contributed by atoms with van der Waals surface area (Å²) in [6.07, 6.45) is 1.70. The summed E-state index contributed by atoms with van der Waals surface area (Å²) in [5.74, 6) is -0.379. The van der Waals surface area contributed by atoms with E-state index in [0.29, 0.717) is 17.0 Å². The maximum absolute atomic E-state index is 13.1. The number of nitrogens with zero attached hydrogens (tertiary/aromatic N) is 1. The topological polar surface area (TPSA) is 51.1 Å². The third-order valence-electron chi connectivity index (χ3n) is 5.08. The van der Waals surface area contributed by atoms with E-state index in [1.165, 1.54) is 0 Å². The molecule has 1 unspecified atom stereocenters. The van der Waals surface area contributed by atoms with E-state index < -0.39 is 0 Å². The Morgan fingerprint density at radius 1 is 1.28 bits per heavy atom. The summed E-state index contributed by atoms with van der Waals surface area (Å²) in [5, 5.41) is 4.28. The molecule has 1 aromatic heterocycles. The molecule has 2 heterocycles. The maximum atomic E-state index is 13.1. The van der Waals surface area contributed by atoms with Crippen LogP contribution in [0.4, 0.5) is 0 Å². The van der Waals surface area contributed by atoms with Crippen molar-refractivity contribution in [1.29, 1.82) is 0 Å². The predicted octanol–water partition coefficient (Wildman–Crippen LogP) is 4.88. The Bertz CT molecular complexity index is 1140. The molecule has 1 N–H and O–H groups in total. The van der Waals surface area contributed by atoms with Crippen LogP contribution in [0.25, 0.3) is 10.9 Å². The van der Waals surface area contributed by atoms with E-state index in [1.54, 1.807) is 36.2 Å². The zero-order valence-electron chi connectivity index (χ0n) is 16.5. The molecule has 7 heteroatoms. The first kappa shape index (κ1) is 22.5. The van der Waals surface area contributed by atoms with Crippen molar-refractivity contribution in [3.8, 4) is 0 Å². The molecule has 1 aliphatic rings. The van der Waals surface area contributed by atoms with Crippen molar-refractivity contribution >= 4 is 40.2 Å². The molecule has 0 bridgehead atoms. The van der Waals surface area contributed by atoms with Crippen molar-refractivity contribution < 1.29 is 37.5 Å². The standard InChI is InChI=1S/C22H20ClN2O2S.Y/c1-13-16-5-4-6-17-19(16)25(22(2,3)28-13)12-18(20(17)26)21(27)24-11-14-7-9-15(23)10-8-14;/h5-10,12-13H,11H2,1-3H3,(H,24,27);/q-1;. The van der Waals surface area contributed by atoms with E-state index in [2.05, 4.69) is 36.7 Å². The van der Waals surface area contributed by atoms with Gasteiger partial charge in [-0.05, 0) is 36.8 Å². The summed E-state index contributed by atoms with van der Waals surface area (Å²) in [6.45, 7) is 6.67. The van der Waals surface area contributed by atoms with Crippen LogP contribution in [0.1, 0.15) is 47.5 Å². The zero-order valence-corrected chi connectivity index (χ0v) is 20.9. The van der Waals surface area contributed by atoms with Crippen molar-refractivity contribution in [1.82, 2.24) is 9.88 Å². The van der Waals surface area contributed by atoms with Gasteiger partial charge in [-0.25, -0.2) is 0 Å². The number of rotatable bonds is 3. The minimum absolute atomic E-state index is 0. The third kappa shape index (κ3) is 4.20. The SMILES string of the molecule is CC1SC(C)(C)n2cc(C(=O)NCc3ccc(Cl)cc3)c(=O)c3c[c-]cc1c32.[Y]. The average molecular weight is 501 g/mol. The smallest absolute Gasteiger partial charge is 0.255 e. The van der Waals surface area contributed by atoms with Gasteiger partial charge < -0.3 is 14.7 Å². The van der Waals surface area contributed by atoms with Crippen LogP contribution in [0.5, 0.6) is 0 Å². The molecule has 1 radical (unpaired) electrons. The van der Waals surface area contributed by atoms with E-state index in [0.717, 1.165) is 16.6 Å². The van der Waals surface area contributed by atoms with Gasteiger partial charge in [0.25, 0.3) is 5.91 Å². The number of hydrogen-bond donors (Lipinski definition) is 1. The first-order chi connectivity index (χ1) is 13.3. The number of aromatic nitrogens is 1. The molecular weight excluding hydrogens is 481 g/mol. The molecule has 1 atom stereocenters. The monoisotopic (exact) mass is 500 g/mol. The van der Waals surface area contributed by atoms with Crippen LogP contribution in [0.2, 0.25) is 5.02 Å². The summed E-state index contributed by atoms with van der Waals surface area (Å²) in [5.41, 5.74) is 2.78. The van der Waals surface area contributed by atoms with Crippen LogP contribution in [0, 0.1) is 6.07 Å². The summed E-state index contributed by atoms with van der Waals surface area (Å²) < 4.78 is 2.05. The summed E-state index contributed by atoms with van der Waals surface area (Å²) in [4.78, 5) is 25.6. The Balaban J connectivity index is 0.00000240. The zero-order chi connectivity index (χ0) is 20.1. The summed E-state index contributed by atoms with van der Waals surface area (Å²) in [6, 6.07) is 13.9. The number of thioether (sulfide) groups is 1. The van der Waals surface area contributed by atoms with Gasteiger partial charge in [0.1, 0.15) is 5.43 Å². The van der Waals surface area contributed by atoms with Crippen molar-refractivity contribution in [2.24, 2.45) is 0 Å². The molecule has 0 saturated heterocycles. The molecule has 4 rings (SSSR count). The number of hydrogen-bond acceptors (Lipinski definition) is 3. The van der Waals surface area contributed by atoms with Crippen LogP contribution in [-0.4, -0.2) is 10.5 Å². The number of carbonyl (C=O) groups is 1. The number of pyridine rings is 1. The number of halogens is 1. The van der Waals surface area contributed by atoms with Gasteiger partial charge in [0.15, 0.2) is 0 Å². The second kappa shape index (κ2) is 8.54. The molecule has 0 fully saturated rings. The number of benzene rings is 2. The molecule has 0 spiro atoms. The number of nitrogens with one attached hydrogen (secondary N) is 1. The van der Waals surface area contributed by atoms with Crippen LogP contribution in [-0.2, 0) is 44.1 Å². The van der Waals surface area contributed by atoms with Gasteiger partial charge >= 0.3 is 0 Å². The maximum Gasteiger partial charge on any atom is 0.255 e. The summed E-state index contributed by atoms with van der Waals surface area (Å²) >= 11 is 7.69. The second-order valence-corrected chi connectivity index (χ2v) is 9.81.